The van der Waals surface area contributed by atoms with Crippen molar-refractivity contribution in [1.29, 1.82) is 0 Å². The molecule has 1 unspecified atom stereocenters. The van der Waals surface area contributed by atoms with E-state index in [4.69, 9.17) is 18.5 Å². The maximum atomic E-state index is 12.7. The fraction of sp³-hybridized carbons (Fsp3) is 0.708. The first-order valence-electron chi connectivity index (χ1n) is 22.8. The number of aliphatic hydroxyl groups is 1. The molecule has 2 N–H and O–H groups in total. The van der Waals surface area contributed by atoms with Gasteiger partial charge in [-0.2, -0.15) is 0 Å². The number of ether oxygens (including phenoxy) is 2. The molecule has 0 rings (SSSR count). The van der Waals surface area contributed by atoms with E-state index in [1.807, 2.05) is 57.6 Å². The van der Waals surface area contributed by atoms with Crippen LogP contribution in [0.1, 0.15) is 162 Å². The molecule has 340 valence electrons. The lowest BCUT2D eigenvalue weighted by Gasteiger charge is -2.24. The highest BCUT2D eigenvalue weighted by Gasteiger charge is 2.27. The van der Waals surface area contributed by atoms with Gasteiger partial charge >= 0.3 is 19.8 Å². The number of aliphatic hydroxyl groups excluding tert-OH is 1. The van der Waals surface area contributed by atoms with E-state index in [2.05, 4.69) is 44.2 Å². The first-order valence-corrected chi connectivity index (χ1v) is 24.3. The van der Waals surface area contributed by atoms with Crippen molar-refractivity contribution in [3.05, 3.63) is 72.9 Å². The third-order valence-electron chi connectivity index (χ3n) is 9.29. The van der Waals surface area contributed by atoms with E-state index >= 15 is 0 Å². The SMILES string of the molecule is CCCCC/C=C\C=C/[C@@H](O)C/C=C\C/C=C/CCCC(=O)OC[C@H](COP(=O)(O)OCC[N+](C)(C)C)OC(=O)CCCCCCCCC/C=C\C/C=C\CCCCC. The summed E-state index contributed by atoms with van der Waals surface area (Å²) in [5, 5.41) is 10.1. The Labute approximate surface area is 360 Å². The van der Waals surface area contributed by atoms with Gasteiger partial charge < -0.3 is 24.0 Å². The number of rotatable bonds is 40. The monoisotopic (exact) mass is 851 g/mol. The summed E-state index contributed by atoms with van der Waals surface area (Å²) in [6, 6.07) is 0. The molecule has 11 heteroatoms. The van der Waals surface area contributed by atoms with Crippen molar-refractivity contribution in [2.75, 3.05) is 47.5 Å². The molecule has 0 fully saturated rings. The van der Waals surface area contributed by atoms with E-state index in [1.54, 1.807) is 6.08 Å². The van der Waals surface area contributed by atoms with E-state index < -0.39 is 38.6 Å². The van der Waals surface area contributed by atoms with Crippen LogP contribution < -0.4 is 0 Å². The molecule has 0 bridgehead atoms. The summed E-state index contributed by atoms with van der Waals surface area (Å²) >= 11 is 0. The number of phosphoric ester groups is 1. The maximum absolute atomic E-state index is 12.7. The molecule has 0 radical (unpaired) electrons. The smallest absolute Gasteiger partial charge is 0.462 e. The van der Waals surface area contributed by atoms with Crippen LogP contribution in [0.3, 0.4) is 0 Å². The zero-order valence-corrected chi connectivity index (χ0v) is 38.7. The Kier molecular flexibility index (Phi) is 37.8. The summed E-state index contributed by atoms with van der Waals surface area (Å²) in [4.78, 5) is 35.4. The second-order valence-electron chi connectivity index (χ2n) is 16.3. The molecule has 0 aliphatic carbocycles. The summed E-state index contributed by atoms with van der Waals surface area (Å²) in [5.74, 6) is -0.920. The zero-order chi connectivity index (χ0) is 43.7. The number of nitrogens with zero attached hydrogens (tertiary/aromatic N) is 1. The largest absolute Gasteiger partial charge is 0.472 e. The Morgan fingerprint density at radius 2 is 1.14 bits per heavy atom. The Morgan fingerprint density at radius 1 is 0.610 bits per heavy atom. The Bertz CT molecular complexity index is 1250. The molecule has 0 aliphatic heterocycles. The van der Waals surface area contributed by atoms with Gasteiger partial charge in [0.2, 0.25) is 0 Å². The number of carbonyl (C=O) groups excluding carboxylic acids is 2. The molecule has 10 nitrogen and oxygen atoms in total. The van der Waals surface area contributed by atoms with E-state index in [1.165, 1.54) is 64.2 Å². The van der Waals surface area contributed by atoms with Gasteiger partial charge in [-0.15, -0.1) is 0 Å². The average Bonchev–Trinajstić information content (AvgIpc) is 3.18. The molecule has 0 spiro atoms. The Hall–Kier alpha value is -2.59. The molecule has 0 amide bonds. The molecular weight excluding hydrogens is 765 g/mol. The predicted molar refractivity (Wildman–Crippen MR) is 244 cm³/mol. The van der Waals surface area contributed by atoms with Gasteiger partial charge in [-0.25, -0.2) is 4.57 Å². The molecule has 0 aromatic rings. The highest BCUT2D eigenvalue weighted by molar-refractivity contribution is 7.47. The zero-order valence-electron chi connectivity index (χ0n) is 37.8. The molecule has 0 heterocycles. The first kappa shape index (κ1) is 56.4. The number of hydrogen-bond donors (Lipinski definition) is 2. The number of phosphoric acid groups is 1. The van der Waals surface area contributed by atoms with Gasteiger partial charge in [-0.1, -0.05) is 145 Å². The topological polar surface area (TPSA) is 129 Å². The van der Waals surface area contributed by atoms with E-state index in [9.17, 15) is 24.2 Å². The summed E-state index contributed by atoms with van der Waals surface area (Å²) in [5.41, 5.74) is 0. The van der Waals surface area contributed by atoms with Crippen LogP contribution in [-0.2, 0) is 32.7 Å². The molecular formula is C48H85NO9P+. The van der Waals surface area contributed by atoms with Crippen LogP contribution in [0.25, 0.3) is 0 Å². The number of esters is 2. The van der Waals surface area contributed by atoms with E-state index in [0.717, 1.165) is 44.9 Å². The molecule has 0 saturated carbocycles. The normalized spacial score (nSPS) is 14.8. The summed E-state index contributed by atoms with van der Waals surface area (Å²) in [7, 11) is 1.39. The van der Waals surface area contributed by atoms with Crippen molar-refractivity contribution in [2.24, 2.45) is 0 Å². The highest BCUT2D eigenvalue weighted by atomic mass is 31.2. The van der Waals surface area contributed by atoms with Gasteiger partial charge in [0, 0.05) is 12.8 Å². The van der Waals surface area contributed by atoms with E-state index in [0.29, 0.717) is 36.7 Å². The van der Waals surface area contributed by atoms with Crippen LogP contribution in [0.5, 0.6) is 0 Å². The number of allylic oxidation sites excluding steroid dienone is 10. The second kappa shape index (κ2) is 39.5. The van der Waals surface area contributed by atoms with Crippen LogP contribution in [0.2, 0.25) is 0 Å². The number of carbonyl (C=O) groups is 2. The van der Waals surface area contributed by atoms with E-state index in [-0.39, 0.29) is 26.1 Å². The van der Waals surface area contributed by atoms with Crippen molar-refractivity contribution in [3.8, 4) is 0 Å². The lowest BCUT2D eigenvalue weighted by molar-refractivity contribution is -0.870. The summed E-state index contributed by atoms with van der Waals surface area (Å²) < 4.78 is 34.2. The number of unbranched alkanes of at least 4 members (excludes halogenated alkanes) is 14. The lowest BCUT2D eigenvalue weighted by atomic mass is 10.1. The van der Waals surface area contributed by atoms with Crippen molar-refractivity contribution >= 4 is 19.8 Å². The Morgan fingerprint density at radius 3 is 1.75 bits per heavy atom. The lowest BCUT2D eigenvalue weighted by Crippen LogP contribution is -2.37. The van der Waals surface area contributed by atoms with Crippen LogP contribution in [-0.4, -0.2) is 86.1 Å². The highest BCUT2D eigenvalue weighted by Crippen LogP contribution is 2.43. The number of likely N-dealkylation sites (N-methyl/N-ethyl adjacent to an activating group) is 1. The van der Waals surface area contributed by atoms with Crippen LogP contribution >= 0.6 is 7.82 Å². The third kappa shape index (κ3) is 43.3. The summed E-state index contributed by atoms with van der Waals surface area (Å²) in [6.45, 7) is 4.19. The van der Waals surface area contributed by atoms with Crippen molar-refractivity contribution in [2.45, 2.75) is 174 Å². The molecule has 3 atom stereocenters. The fourth-order valence-corrected chi connectivity index (χ4v) is 6.39. The first-order chi connectivity index (χ1) is 28.4. The molecule has 59 heavy (non-hydrogen) atoms. The minimum Gasteiger partial charge on any atom is -0.462 e. The van der Waals surface area contributed by atoms with Gasteiger partial charge in [-0.3, -0.25) is 18.6 Å². The van der Waals surface area contributed by atoms with Gasteiger partial charge in [-0.05, 0) is 77.0 Å². The predicted octanol–water partition coefficient (Wildman–Crippen LogP) is 12.0. The van der Waals surface area contributed by atoms with Gasteiger partial charge in [0.25, 0.3) is 0 Å². The average molecular weight is 851 g/mol. The molecule has 0 saturated heterocycles. The minimum absolute atomic E-state index is 0.00765. The van der Waals surface area contributed by atoms with Gasteiger partial charge in [0.1, 0.15) is 19.8 Å². The van der Waals surface area contributed by atoms with Crippen LogP contribution in [0, 0.1) is 0 Å². The number of hydrogen-bond acceptors (Lipinski definition) is 8. The van der Waals surface area contributed by atoms with Gasteiger partial charge in [0.15, 0.2) is 6.10 Å². The van der Waals surface area contributed by atoms with Crippen molar-refractivity contribution in [3.63, 3.8) is 0 Å². The molecule has 0 aromatic heterocycles. The number of quaternary nitrogens is 1. The third-order valence-corrected chi connectivity index (χ3v) is 10.3. The fourth-order valence-electron chi connectivity index (χ4n) is 5.64. The quantitative estimate of drug-likeness (QED) is 0.0155. The van der Waals surface area contributed by atoms with Crippen LogP contribution in [0.15, 0.2) is 72.9 Å². The Balaban J connectivity index is 4.51. The minimum atomic E-state index is -4.41. The van der Waals surface area contributed by atoms with Crippen molar-refractivity contribution in [1.82, 2.24) is 0 Å². The maximum Gasteiger partial charge on any atom is 0.472 e. The standard InChI is InChI=1S/C48H84NO9P/c1-6-8-10-12-14-15-16-17-18-19-20-21-22-23-27-32-36-40-48(52)58-46(44-57-59(53,54)56-42-41-49(3,4)5)43-55-47(51)39-35-31-28-24-26-30-34-38-45(50)37-33-29-25-13-11-9-7-2/h14-15,17-18,24-25,28-30,33-34,37,45-46,50H,6-13,16,19-23,26-27,31-32,35-36,38-44H2,1-5H3/p+1/b15-14-,18-17-,28-24+,29-25-,34-30-,37-33-/t45-,46-/m1/s1. The van der Waals surface area contributed by atoms with Gasteiger partial charge in [0.05, 0.1) is 33.9 Å². The molecule has 0 aromatic carbocycles. The van der Waals surface area contributed by atoms with Crippen LogP contribution in [0.4, 0.5) is 0 Å². The van der Waals surface area contributed by atoms with Crippen molar-refractivity contribution < 1.29 is 47.2 Å². The second-order valence-corrected chi connectivity index (χ2v) is 17.7. The molecule has 0 aliphatic rings. The summed E-state index contributed by atoms with van der Waals surface area (Å²) in [6.07, 6.45) is 45.5.